The van der Waals surface area contributed by atoms with Crippen LogP contribution in [0.2, 0.25) is 0 Å². The van der Waals surface area contributed by atoms with Crippen molar-refractivity contribution in [2.75, 3.05) is 0 Å². The zero-order valence-corrected chi connectivity index (χ0v) is 6.80. The largest absolute Gasteiger partial charge is 0.465 e. The van der Waals surface area contributed by atoms with Gasteiger partial charge in [-0.1, -0.05) is 30.3 Å². The van der Waals surface area contributed by atoms with E-state index in [0.29, 0.717) is 4.90 Å². The molecule has 0 unspecified atom stereocenters. The highest BCUT2D eigenvalue weighted by molar-refractivity contribution is 5.78. The van der Waals surface area contributed by atoms with Gasteiger partial charge in [-0.15, -0.1) is 0 Å². The number of hydrogen-bond acceptors (Lipinski definition) is 2. The molecule has 1 radical (unpaired) electrons. The fourth-order valence-corrected chi connectivity index (χ4v) is 0.905. The van der Waals surface area contributed by atoms with E-state index in [1.165, 1.54) is 6.41 Å². The van der Waals surface area contributed by atoms with E-state index in [-0.39, 0.29) is 6.54 Å². The number of carbonyl (C=O) groups is 1. The number of nitrogens with zero attached hydrogens (tertiary/aromatic N) is 1. The molecule has 0 fully saturated rings. The molecule has 67 valence electrons. The van der Waals surface area contributed by atoms with Gasteiger partial charge in [0.05, 0.1) is 6.54 Å². The maximum absolute atomic E-state index is 10.4. The number of hydrogen-bond donors (Lipinski definition) is 1. The zero-order chi connectivity index (χ0) is 9.68. The Morgan fingerprint density at radius 3 is 2.46 bits per heavy atom. The Hall–Kier alpha value is -1.84. The quantitative estimate of drug-likeness (QED) is 0.708. The fraction of sp³-hybridized carbons (Fsp3) is 0.111. The SMILES string of the molecule is O=[C]N(Cc1ccccc1)C(=O)O. The Labute approximate surface area is 75.4 Å². The van der Waals surface area contributed by atoms with Gasteiger partial charge in [0.1, 0.15) is 0 Å². The summed E-state index contributed by atoms with van der Waals surface area (Å²) in [5, 5.41) is 8.50. The molecule has 0 spiro atoms. The van der Waals surface area contributed by atoms with Crippen molar-refractivity contribution < 1.29 is 14.7 Å². The van der Waals surface area contributed by atoms with E-state index in [2.05, 4.69) is 0 Å². The van der Waals surface area contributed by atoms with Gasteiger partial charge in [0.15, 0.2) is 0 Å². The molecule has 1 N–H and O–H groups in total. The molecule has 0 atom stereocenters. The lowest BCUT2D eigenvalue weighted by atomic mass is 10.2. The van der Waals surface area contributed by atoms with Crippen molar-refractivity contribution in [2.45, 2.75) is 6.54 Å². The maximum Gasteiger partial charge on any atom is 0.414 e. The topological polar surface area (TPSA) is 57.6 Å². The first-order chi connectivity index (χ1) is 6.24. The minimum absolute atomic E-state index is 0.0413. The Morgan fingerprint density at radius 1 is 1.38 bits per heavy atom. The number of carboxylic acid groups (broad SMARTS) is 1. The van der Waals surface area contributed by atoms with E-state index in [1.807, 2.05) is 6.07 Å². The number of imide groups is 1. The second-order valence-corrected chi connectivity index (χ2v) is 2.45. The summed E-state index contributed by atoms with van der Waals surface area (Å²) in [4.78, 5) is 21.1. The monoisotopic (exact) mass is 178 g/mol. The molecule has 0 saturated carbocycles. The fourth-order valence-electron chi connectivity index (χ4n) is 0.905. The van der Waals surface area contributed by atoms with Gasteiger partial charge in [-0.3, -0.25) is 4.79 Å². The van der Waals surface area contributed by atoms with Crippen LogP contribution < -0.4 is 0 Å². The van der Waals surface area contributed by atoms with Crippen molar-refractivity contribution in [2.24, 2.45) is 0 Å². The van der Waals surface area contributed by atoms with Crippen LogP contribution in [0.4, 0.5) is 4.79 Å². The highest BCUT2D eigenvalue weighted by Crippen LogP contribution is 2.02. The van der Waals surface area contributed by atoms with Crippen LogP contribution in [0, 0.1) is 0 Å². The first-order valence-electron chi connectivity index (χ1n) is 3.66. The Morgan fingerprint density at radius 2 is 2.00 bits per heavy atom. The van der Waals surface area contributed by atoms with Crippen LogP contribution in [-0.4, -0.2) is 22.5 Å². The van der Waals surface area contributed by atoms with Gasteiger partial charge in [-0.25, -0.2) is 9.69 Å². The Balaban J connectivity index is 2.67. The first kappa shape index (κ1) is 9.25. The van der Waals surface area contributed by atoms with E-state index in [0.717, 1.165) is 5.56 Å². The third-order valence-corrected chi connectivity index (χ3v) is 1.52. The van der Waals surface area contributed by atoms with Gasteiger partial charge >= 0.3 is 12.5 Å². The molecule has 4 heteroatoms. The lowest BCUT2D eigenvalue weighted by molar-refractivity contribution is 0.166. The van der Waals surface area contributed by atoms with Crippen molar-refractivity contribution in [3.05, 3.63) is 35.9 Å². The van der Waals surface area contributed by atoms with Gasteiger partial charge in [0.2, 0.25) is 0 Å². The molecule has 0 aromatic heterocycles. The Bertz CT molecular complexity index is 297. The van der Waals surface area contributed by atoms with Crippen molar-refractivity contribution in [3.8, 4) is 0 Å². The normalized spacial score (nSPS) is 9.23. The Kier molecular flexibility index (Phi) is 3.03. The molecular formula is C9H8NO3. The molecule has 1 aromatic rings. The van der Waals surface area contributed by atoms with Crippen LogP contribution in [0.1, 0.15) is 5.56 Å². The molecular weight excluding hydrogens is 170 g/mol. The summed E-state index contributed by atoms with van der Waals surface area (Å²) in [5.74, 6) is 0. The average Bonchev–Trinajstić information content (AvgIpc) is 2.15. The summed E-state index contributed by atoms with van der Waals surface area (Å²) >= 11 is 0. The highest BCUT2D eigenvalue weighted by Gasteiger charge is 2.10. The van der Waals surface area contributed by atoms with E-state index >= 15 is 0 Å². The zero-order valence-electron chi connectivity index (χ0n) is 6.80. The van der Waals surface area contributed by atoms with Crippen LogP contribution in [0.25, 0.3) is 0 Å². The third kappa shape index (κ3) is 2.59. The van der Waals surface area contributed by atoms with Gasteiger partial charge in [-0.05, 0) is 5.56 Å². The lowest BCUT2D eigenvalue weighted by Gasteiger charge is -2.09. The molecule has 0 saturated heterocycles. The van der Waals surface area contributed by atoms with Gasteiger partial charge in [0, 0.05) is 0 Å². The van der Waals surface area contributed by atoms with Crippen molar-refractivity contribution in [1.29, 1.82) is 0 Å². The molecule has 0 bridgehead atoms. The second-order valence-electron chi connectivity index (χ2n) is 2.45. The van der Waals surface area contributed by atoms with Gasteiger partial charge in [0.25, 0.3) is 0 Å². The molecule has 4 nitrogen and oxygen atoms in total. The number of carbonyl (C=O) groups excluding carboxylic acids is 1. The number of amides is 2. The summed E-state index contributed by atoms with van der Waals surface area (Å²) in [6, 6.07) is 8.86. The second kappa shape index (κ2) is 4.25. The molecule has 0 aliphatic rings. The van der Waals surface area contributed by atoms with E-state index in [1.54, 1.807) is 24.3 Å². The van der Waals surface area contributed by atoms with Gasteiger partial charge in [-0.2, -0.15) is 0 Å². The minimum Gasteiger partial charge on any atom is -0.465 e. The summed E-state index contributed by atoms with van der Waals surface area (Å²) in [5.41, 5.74) is 0.758. The number of rotatable bonds is 3. The molecule has 13 heavy (non-hydrogen) atoms. The van der Waals surface area contributed by atoms with Crippen molar-refractivity contribution in [1.82, 2.24) is 4.90 Å². The third-order valence-electron chi connectivity index (χ3n) is 1.52. The van der Waals surface area contributed by atoms with Crippen molar-refractivity contribution in [3.63, 3.8) is 0 Å². The van der Waals surface area contributed by atoms with Crippen LogP contribution in [-0.2, 0) is 11.3 Å². The standard InChI is InChI=1S/C9H8NO3/c11-7-10(9(12)13)6-8-4-2-1-3-5-8/h1-5H,6H2,(H,12,13). The molecule has 1 rings (SSSR count). The average molecular weight is 178 g/mol. The number of benzene rings is 1. The van der Waals surface area contributed by atoms with E-state index in [9.17, 15) is 9.59 Å². The smallest absolute Gasteiger partial charge is 0.414 e. The molecule has 2 amide bonds. The van der Waals surface area contributed by atoms with E-state index in [4.69, 9.17) is 5.11 Å². The summed E-state index contributed by atoms with van der Waals surface area (Å²) in [7, 11) is 0. The maximum atomic E-state index is 10.4. The van der Waals surface area contributed by atoms with Crippen LogP contribution >= 0.6 is 0 Å². The van der Waals surface area contributed by atoms with Crippen molar-refractivity contribution >= 4 is 12.5 Å². The summed E-state index contributed by atoms with van der Waals surface area (Å²) in [6.07, 6.45) is 0.0410. The lowest BCUT2D eigenvalue weighted by Crippen LogP contribution is -2.26. The molecule has 0 aliphatic heterocycles. The molecule has 0 heterocycles. The highest BCUT2D eigenvalue weighted by atomic mass is 16.4. The summed E-state index contributed by atoms with van der Waals surface area (Å²) in [6.45, 7) is 0.0413. The van der Waals surface area contributed by atoms with E-state index < -0.39 is 6.09 Å². The molecule has 0 aliphatic carbocycles. The first-order valence-corrected chi connectivity index (χ1v) is 3.66. The van der Waals surface area contributed by atoms with Crippen LogP contribution in [0.5, 0.6) is 0 Å². The predicted octanol–water partition coefficient (Wildman–Crippen LogP) is 1.23. The van der Waals surface area contributed by atoms with Gasteiger partial charge < -0.3 is 5.11 Å². The predicted molar refractivity (Wildman–Crippen MR) is 45.7 cm³/mol. The minimum atomic E-state index is -1.29. The van der Waals surface area contributed by atoms with Crippen LogP contribution in [0.15, 0.2) is 30.3 Å². The summed E-state index contributed by atoms with van der Waals surface area (Å²) < 4.78 is 0. The van der Waals surface area contributed by atoms with Crippen LogP contribution in [0.3, 0.4) is 0 Å². The molecule has 1 aromatic carbocycles.